The van der Waals surface area contributed by atoms with Gasteiger partial charge in [-0.25, -0.2) is 0 Å². The van der Waals surface area contributed by atoms with Crippen LogP contribution in [-0.4, -0.2) is 5.33 Å². The highest BCUT2D eigenvalue weighted by molar-refractivity contribution is 9.09. The zero-order valence-corrected chi connectivity index (χ0v) is 9.48. The maximum atomic E-state index is 3.53. The van der Waals surface area contributed by atoms with Crippen LogP contribution in [0.4, 0.5) is 0 Å². The molecule has 66 valence electrons. The predicted octanol–water partition coefficient (Wildman–Crippen LogP) is 3.67. The summed E-state index contributed by atoms with van der Waals surface area (Å²) >= 11 is 3.53. The number of rotatable bonds is 2. The third-order valence-corrected chi connectivity index (χ3v) is 3.57. The van der Waals surface area contributed by atoms with Crippen LogP contribution in [0.5, 0.6) is 0 Å². The number of aryl methyl sites for hydroxylation is 1. The third-order valence-electron chi connectivity index (χ3n) is 2.17. The van der Waals surface area contributed by atoms with E-state index < -0.39 is 0 Å². The molecule has 0 fully saturated rings. The lowest BCUT2D eigenvalue weighted by molar-refractivity contribution is 0.606. The van der Waals surface area contributed by atoms with E-state index >= 15 is 0 Å². The van der Waals surface area contributed by atoms with E-state index in [1.54, 1.807) is 0 Å². The first kappa shape index (κ1) is 9.79. The summed E-state index contributed by atoms with van der Waals surface area (Å²) in [6.45, 7) is 6.60. The van der Waals surface area contributed by atoms with Gasteiger partial charge in [0.15, 0.2) is 0 Å². The lowest BCUT2D eigenvalue weighted by atomic mass is 9.87. The van der Waals surface area contributed by atoms with Crippen molar-refractivity contribution in [2.24, 2.45) is 0 Å². The second-order valence-electron chi connectivity index (χ2n) is 3.88. The van der Waals surface area contributed by atoms with Crippen molar-refractivity contribution in [1.29, 1.82) is 0 Å². The molecule has 0 saturated heterocycles. The van der Waals surface area contributed by atoms with Crippen LogP contribution in [-0.2, 0) is 5.41 Å². The normalized spacial score (nSPS) is 11.7. The number of hydrogen-bond donors (Lipinski definition) is 0. The number of halogens is 1. The van der Waals surface area contributed by atoms with Crippen LogP contribution >= 0.6 is 15.9 Å². The second-order valence-corrected chi connectivity index (χ2v) is 4.44. The first-order chi connectivity index (χ1) is 5.56. The van der Waals surface area contributed by atoms with Crippen LogP contribution in [0, 0.1) is 6.92 Å². The molecule has 0 amide bonds. The molecular formula is C11H15Br. The van der Waals surface area contributed by atoms with Gasteiger partial charge in [0, 0.05) is 5.33 Å². The van der Waals surface area contributed by atoms with Gasteiger partial charge in [0.2, 0.25) is 0 Å². The molecule has 12 heavy (non-hydrogen) atoms. The monoisotopic (exact) mass is 226 g/mol. The third kappa shape index (κ3) is 2.10. The van der Waals surface area contributed by atoms with Crippen molar-refractivity contribution in [2.75, 3.05) is 5.33 Å². The van der Waals surface area contributed by atoms with Gasteiger partial charge in [0.05, 0.1) is 0 Å². The fourth-order valence-electron chi connectivity index (χ4n) is 1.08. The molecule has 0 spiro atoms. The Balaban J connectivity index is 2.96. The van der Waals surface area contributed by atoms with E-state index in [9.17, 15) is 0 Å². The fraction of sp³-hybridized carbons (Fsp3) is 0.455. The van der Waals surface area contributed by atoms with Crippen LogP contribution in [0.1, 0.15) is 25.0 Å². The molecule has 1 rings (SSSR count). The molecule has 0 nitrogen and oxygen atoms in total. The Hall–Kier alpha value is -0.300. The van der Waals surface area contributed by atoms with Gasteiger partial charge in [-0.3, -0.25) is 0 Å². The zero-order chi connectivity index (χ0) is 9.19. The van der Waals surface area contributed by atoms with E-state index in [1.807, 2.05) is 0 Å². The minimum atomic E-state index is 0.244. The smallest absolute Gasteiger partial charge is 0.0123 e. The summed E-state index contributed by atoms with van der Waals surface area (Å²) in [7, 11) is 0. The first-order valence-electron chi connectivity index (χ1n) is 4.19. The molecule has 0 aliphatic heterocycles. The Morgan fingerprint density at radius 1 is 1.17 bits per heavy atom. The van der Waals surface area contributed by atoms with Crippen molar-refractivity contribution in [3.05, 3.63) is 35.4 Å². The largest absolute Gasteiger partial charge is 0.0919 e. The first-order valence-corrected chi connectivity index (χ1v) is 5.31. The van der Waals surface area contributed by atoms with Crippen molar-refractivity contribution in [3.63, 3.8) is 0 Å². The Bertz CT molecular complexity index is 246. The van der Waals surface area contributed by atoms with Crippen molar-refractivity contribution in [3.8, 4) is 0 Å². The van der Waals surface area contributed by atoms with Crippen LogP contribution in [0.25, 0.3) is 0 Å². The maximum Gasteiger partial charge on any atom is 0.0123 e. The van der Waals surface area contributed by atoms with Gasteiger partial charge in [-0.1, -0.05) is 59.6 Å². The molecule has 0 aliphatic carbocycles. The lowest BCUT2D eigenvalue weighted by Crippen LogP contribution is -2.18. The highest BCUT2D eigenvalue weighted by Gasteiger charge is 2.17. The molecule has 0 saturated carbocycles. The van der Waals surface area contributed by atoms with Gasteiger partial charge in [0.1, 0.15) is 0 Å². The van der Waals surface area contributed by atoms with E-state index in [2.05, 4.69) is 61.0 Å². The minimum Gasteiger partial charge on any atom is -0.0919 e. The van der Waals surface area contributed by atoms with Crippen LogP contribution in [0.3, 0.4) is 0 Å². The van der Waals surface area contributed by atoms with Crippen molar-refractivity contribution in [1.82, 2.24) is 0 Å². The summed E-state index contributed by atoms with van der Waals surface area (Å²) in [6.07, 6.45) is 0. The Labute approximate surface area is 83.1 Å². The van der Waals surface area contributed by atoms with Gasteiger partial charge in [-0.05, 0) is 17.9 Å². The van der Waals surface area contributed by atoms with Gasteiger partial charge >= 0.3 is 0 Å². The van der Waals surface area contributed by atoms with Gasteiger partial charge < -0.3 is 0 Å². The zero-order valence-electron chi connectivity index (χ0n) is 7.89. The summed E-state index contributed by atoms with van der Waals surface area (Å²) < 4.78 is 0. The molecule has 0 aromatic heterocycles. The van der Waals surface area contributed by atoms with Gasteiger partial charge in [-0.15, -0.1) is 0 Å². The number of alkyl halides is 1. The van der Waals surface area contributed by atoms with Crippen molar-refractivity contribution >= 4 is 15.9 Å². The van der Waals surface area contributed by atoms with Crippen molar-refractivity contribution < 1.29 is 0 Å². The van der Waals surface area contributed by atoms with E-state index in [0.717, 1.165) is 5.33 Å². The molecule has 0 radical (unpaired) electrons. The lowest BCUT2D eigenvalue weighted by Gasteiger charge is -2.22. The maximum absolute atomic E-state index is 3.53. The van der Waals surface area contributed by atoms with E-state index in [4.69, 9.17) is 0 Å². The van der Waals surface area contributed by atoms with Crippen LogP contribution in [0.2, 0.25) is 0 Å². The average molecular weight is 227 g/mol. The summed E-state index contributed by atoms with van der Waals surface area (Å²) in [4.78, 5) is 0. The molecule has 1 heteroatoms. The molecular weight excluding hydrogens is 212 g/mol. The Kier molecular flexibility index (Phi) is 2.94. The molecule has 0 atom stereocenters. The average Bonchev–Trinajstić information content (AvgIpc) is 2.05. The molecule has 0 bridgehead atoms. The summed E-state index contributed by atoms with van der Waals surface area (Å²) in [5.41, 5.74) is 2.96. The van der Waals surface area contributed by atoms with Gasteiger partial charge in [-0.2, -0.15) is 0 Å². The fourth-order valence-corrected chi connectivity index (χ4v) is 1.41. The van der Waals surface area contributed by atoms with E-state index in [0.29, 0.717) is 0 Å². The molecule has 0 heterocycles. The van der Waals surface area contributed by atoms with Crippen LogP contribution < -0.4 is 0 Å². The van der Waals surface area contributed by atoms with Crippen molar-refractivity contribution in [2.45, 2.75) is 26.2 Å². The number of hydrogen-bond acceptors (Lipinski definition) is 0. The molecule has 0 aliphatic rings. The summed E-state index contributed by atoms with van der Waals surface area (Å²) in [6, 6.07) is 8.74. The highest BCUT2D eigenvalue weighted by atomic mass is 79.9. The highest BCUT2D eigenvalue weighted by Crippen LogP contribution is 2.25. The SMILES string of the molecule is Cc1ccc(C(C)(C)CBr)cc1. The second kappa shape index (κ2) is 3.61. The minimum absolute atomic E-state index is 0.244. The van der Waals surface area contributed by atoms with Gasteiger partial charge in [0.25, 0.3) is 0 Å². The molecule has 0 N–H and O–H groups in total. The summed E-state index contributed by atoms with van der Waals surface area (Å²) in [5, 5.41) is 1.00. The Morgan fingerprint density at radius 3 is 2.08 bits per heavy atom. The Morgan fingerprint density at radius 2 is 1.67 bits per heavy atom. The van der Waals surface area contributed by atoms with E-state index in [1.165, 1.54) is 11.1 Å². The quantitative estimate of drug-likeness (QED) is 0.676. The molecule has 1 aromatic rings. The standard InChI is InChI=1S/C11H15Br/c1-9-4-6-10(7-5-9)11(2,3)8-12/h4-7H,8H2,1-3H3. The van der Waals surface area contributed by atoms with E-state index in [-0.39, 0.29) is 5.41 Å². The number of benzene rings is 1. The van der Waals surface area contributed by atoms with Crippen LogP contribution in [0.15, 0.2) is 24.3 Å². The molecule has 0 unspecified atom stereocenters. The molecule has 1 aromatic carbocycles. The summed E-state index contributed by atoms with van der Waals surface area (Å²) in [5.74, 6) is 0. The topological polar surface area (TPSA) is 0 Å². The predicted molar refractivity (Wildman–Crippen MR) is 58.0 cm³/mol.